The predicted octanol–water partition coefficient (Wildman–Crippen LogP) is 4.51. The lowest BCUT2D eigenvalue weighted by atomic mass is 10.1. The van der Waals surface area contributed by atoms with Gasteiger partial charge in [0.1, 0.15) is 11.8 Å². The number of carbonyl (C=O) groups excluding carboxylic acids is 2. The van der Waals surface area contributed by atoms with E-state index in [2.05, 4.69) is 20.1 Å². The fourth-order valence-electron chi connectivity index (χ4n) is 3.36. The molecule has 0 fully saturated rings. The van der Waals surface area contributed by atoms with Gasteiger partial charge in [0, 0.05) is 18.7 Å². The summed E-state index contributed by atoms with van der Waals surface area (Å²) in [7, 11) is -4.18. The molecule has 3 N–H and O–H groups in total. The maximum absolute atomic E-state index is 12.9. The number of halogens is 3. The second-order valence-corrected chi connectivity index (χ2v) is 9.35. The van der Waals surface area contributed by atoms with Crippen LogP contribution in [-0.2, 0) is 19.6 Å². The first kappa shape index (κ1) is 26.5. The number of sulfonamides is 1. The summed E-state index contributed by atoms with van der Waals surface area (Å²) in [5.41, 5.74) is 0.971. The van der Waals surface area contributed by atoms with Gasteiger partial charge in [-0.25, -0.2) is 8.42 Å². The highest BCUT2D eigenvalue weighted by molar-refractivity contribution is 7.92. The molecule has 0 unspecified atom stereocenters. The molecule has 0 spiro atoms. The van der Waals surface area contributed by atoms with Crippen LogP contribution in [0.3, 0.4) is 0 Å². The van der Waals surface area contributed by atoms with Crippen molar-refractivity contribution >= 4 is 33.2 Å². The lowest BCUT2D eigenvalue weighted by Crippen LogP contribution is -2.35. The number of ether oxygens (including phenoxy) is 1. The largest absolute Gasteiger partial charge is 0.573 e. The van der Waals surface area contributed by atoms with Crippen molar-refractivity contribution in [2.24, 2.45) is 0 Å². The normalized spacial score (nSPS) is 12.4. The summed E-state index contributed by atoms with van der Waals surface area (Å²) >= 11 is 0. The molecule has 0 aliphatic heterocycles. The van der Waals surface area contributed by atoms with Crippen LogP contribution in [0.5, 0.6) is 5.75 Å². The van der Waals surface area contributed by atoms with Gasteiger partial charge in [0.25, 0.3) is 15.9 Å². The molecule has 3 rings (SSSR count). The maximum atomic E-state index is 12.9. The Labute approximate surface area is 205 Å². The SMILES string of the molecule is CC(=O)N[C@H](C(=O)Nc1ccc(S(=O)(=O)Nc2cccc(OC(F)(F)F)c2)c(C)c1)c1ccccc1. The minimum atomic E-state index is -4.92. The maximum Gasteiger partial charge on any atom is 0.573 e. The van der Waals surface area contributed by atoms with Crippen molar-refractivity contribution in [1.29, 1.82) is 0 Å². The van der Waals surface area contributed by atoms with E-state index in [-0.39, 0.29) is 21.8 Å². The highest BCUT2D eigenvalue weighted by Gasteiger charge is 2.31. The number of hydrogen-bond acceptors (Lipinski definition) is 5. The number of anilines is 2. The van der Waals surface area contributed by atoms with E-state index in [1.807, 2.05) is 0 Å². The summed E-state index contributed by atoms with van der Waals surface area (Å²) in [5.74, 6) is -1.52. The number of hydrogen-bond donors (Lipinski definition) is 3. The van der Waals surface area contributed by atoms with Gasteiger partial charge in [-0.2, -0.15) is 0 Å². The van der Waals surface area contributed by atoms with E-state index in [0.29, 0.717) is 5.56 Å². The smallest absolute Gasteiger partial charge is 0.406 e. The minimum Gasteiger partial charge on any atom is -0.406 e. The van der Waals surface area contributed by atoms with Crippen LogP contribution >= 0.6 is 0 Å². The lowest BCUT2D eigenvalue weighted by molar-refractivity contribution is -0.274. The van der Waals surface area contributed by atoms with Crippen LogP contribution in [0.4, 0.5) is 24.5 Å². The van der Waals surface area contributed by atoms with Crippen LogP contribution in [0.25, 0.3) is 0 Å². The van der Waals surface area contributed by atoms with Gasteiger partial charge in [0.05, 0.1) is 10.6 Å². The third-order valence-electron chi connectivity index (χ3n) is 4.79. The Hall–Kier alpha value is -4.06. The van der Waals surface area contributed by atoms with E-state index in [4.69, 9.17) is 0 Å². The Morgan fingerprint density at radius 1 is 0.917 bits per heavy atom. The summed E-state index contributed by atoms with van der Waals surface area (Å²) < 4.78 is 69.1. The third kappa shape index (κ3) is 7.22. The molecule has 3 aromatic carbocycles. The summed E-state index contributed by atoms with van der Waals surface area (Å²) in [6, 6.07) is 16.1. The standard InChI is InChI=1S/C24H22F3N3O5S/c1-15-13-18(29-23(32)22(28-16(2)31)17-7-4-3-5-8-17)11-12-21(15)36(33,34)30-19-9-6-10-20(14-19)35-24(25,26)27/h3-14,22,30H,1-2H3,(H,28,31)(H,29,32)/t22-/m0/s1. The van der Waals surface area contributed by atoms with Crippen LogP contribution in [0.1, 0.15) is 24.1 Å². The van der Waals surface area contributed by atoms with Gasteiger partial charge in [-0.05, 0) is 48.4 Å². The molecular weight excluding hydrogens is 499 g/mol. The molecule has 0 saturated heterocycles. The van der Waals surface area contributed by atoms with E-state index in [1.54, 1.807) is 30.3 Å². The Bertz CT molecular complexity index is 1360. The van der Waals surface area contributed by atoms with Gasteiger partial charge >= 0.3 is 6.36 Å². The van der Waals surface area contributed by atoms with E-state index < -0.39 is 40.0 Å². The number of nitrogens with one attached hydrogen (secondary N) is 3. The molecule has 0 radical (unpaired) electrons. The highest BCUT2D eigenvalue weighted by atomic mass is 32.2. The second-order valence-electron chi connectivity index (χ2n) is 7.69. The number of amides is 2. The minimum absolute atomic E-state index is 0.130. The zero-order valence-corrected chi connectivity index (χ0v) is 19.9. The van der Waals surface area contributed by atoms with E-state index in [0.717, 1.165) is 12.1 Å². The Morgan fingerprint density at radius 3 is 2.22 bits per heavy atom. The molecule has 8 nitrogen and oxygen atoms in total. The predicted molar refractivity (Wildman–Crippen MR) is 127 cm³/mol. The Kier molecular flexibility index (Phi) is 7.88. The third-order valence-corrected chi connectivity index (χ3v) is 6.34. The Balaban J connectivity index is 1.78. The molecule has 190 valence electrons. The monoisotopic (exact) mass is 521 g/mol. The molecule has 1 atom stereocenters. The molecular formula is C24H22F3N3O5S. The number of aryl methyl sites for hydroxylation is 1. The molecule has 3 aromatic rings. The molecule has 0 aromatic heterocycles. The first-order valence-electron chi connectivity index (χ1n) is 10.5. The first-order valence-corrected chi connectivity index (χ1v) is 11.9. The number of rotatable bonds is 8. The summed E-state index contributed by atoms with van der Waals surface area (Å²) in [5, 5.41) is 5.23. The van der Waals surface area contributed by atoms with Crippen molar-refractivity contribution in [2.45, 2.75) is 31.1 Å². The van der Waals surface area contributed by atoms with Crippen molar-refractivity contribution in [2.75, 3.05) is 10.0 Å². The molecule has 0 aliphatic rings. The van der Waals surface area contributed by atoms with E-state index in [9.17, 15) is 31.2 Å². The van der Waals surface area contributed by atoms with Gasteiger partial charge in [0.2, 0.25) is 5.91 Å². The van der Waals surface area contributed by atoms with Crippen LogP contribution in [0, 0.1) is 6.92 Å². The van der Waals surface area contributed by atoms with Gasteiger partial charge in [-0.3, -0.25) is 14.3 Å². The molecule has 12 heteroatoms. The van der Waals surface area contributed by atoms with Gasteiger partial charge < -0.3 is 15.4 Å². The number of alkyl halides is 3. The average Bonchev–Trinajstić information content (AvgIpc) is 2.76. The molecule has 0 bridgehead atoms. The molecule has 0 aliphatic carbocycles. The van der Waals surface area contributed by atoms with E-state index >= 15 is 0 Å². The van der Waals surface area contributed by atoms with Crippen molar-refractivity contribution in [3.63, 3.8) is 0 Å². The fraction of sp³-hybridized carbons (Fsp3) is 0.167. The van der Waals surface area contributed by atoms with Crippen molar-refractivity contribution in [3.05, 3.63) is 83.9 Å². The van der Waals surface area contributed by atoms with Crippen LogP contribution in [-0.4, -0.2) is 26.6 Å². The Morgan fingerprint density at radius 2 is 1.61 bits per heavy atom. The molecule has 0 heterocycles. The van der Waals surface area contributed by atoms with Crippen LogP contribution in [0.2, 0.25) is 0 Å². The number of carbonyl (C=O) groups is 2. The van der Waals surface area contributed by atoms with Gasteiger partial charge in [-0.1, -0.05) is 36.4 Å². The van der Waals surface area contributed by atoms with Crippen molar-refractivity contribution < 1.29 is 35.9 Å². The highest BCUT2D eigenvalue weighted by Crippen LogP contribution is 2.28. The number of benzene rings is 3. The van der Waals surface area contributed by atoms with Gasteiger partial charge in [-0.15, -0.1) is 13.2 Å². The molecule has 0 saturated carbocycles. The zero-order chi connectivity index (χ0) is 26.5. The zero-order valence-electron chi connectivity index (χ0n) is 19.1. The van der Waals surface area contributed by atoms with Gasteiger partial charge in [0.15, 0.2) is 0 Å². The second kappa shape index (κ2) is 10.7. The first-order chi connectivity index (χ1) is 16.8. The van der Waals surface area contributed by atoms with Crippen molar-refractivity contribution in [3.8, 4) is 5.75 Å². The van der Waals surface area contributed by atoms with Crippen LogP contribution in [0.15, 0.2) is 77.7 Å². The quantitative estimate of drug-likeness (QED) is 0.404. The topological polar surface area (TPSA) is 114 Å². The summed E-state index contributed by atoms with van der Waals surface area (Å²) in [6.07, 6.45) is -4.92. The lowest BCUT2D eigenvalue weighted by Gasteiger charge is -2.19. The van der Waals surface area contributed by atoms with Crippen LogP contribution < -0.4 is 20.1 Å². The fourth-order valence-corrected chi connectivity index (χ4v) is 4.64. The average molecular weight is 522 g/mol. The summed E-state index contributed by atoms with van der Waals surface area (Å²) in [4.78, 5) is 24.3. The summed E-state index contributed by atoms with van der Waals surface area (Å²) in [6.45, 7) is 2.78. The van der Waals surface area contributed by atoms with Crippen molar-refractivity contribution in [1.82, 2.24) is 5.32 Å². The van der Waals surface area contributed by atoms with E-state index in [1.165, 1.54) is 44.2 Å². The molecule has 2 amide bonds. The molecule has 36 heavy (non-hydrogen) atoms.